The zero-order chi connectivity index (χ0) is 15.7. The number of rotatable bonds is 3. The van der Waals surface area contributed by atoms with Crippen LogP contribution in [0.3, 0.4) is 0 Å². The van der Waals surface area contributed by atoms with Gasteiger partial charge in [-0.3, -0.25) is 4.90 Å². The summed E-state index contributed by atoms with van der Waals surface area (Å²) in [7, 11) is -3.48. The molecule has 8 heteroatoms. The number of fused-ring (bicyclic) bond motifs is 1. The van der Waals surface area contributed by atoms with Gasteiger partial charge in [-0.2, -0.15) is 9.57 Å². The molecule has 0 saturated carbocycles. The van der Waals surface area contributed by atoms with Crippen molar-refractivity contribution in [1.82, 2.24) is 9.21 Å². The molecule has 0 amide bonds. The fraction of sp³-hybridized carbons (Fsp3) is 0.357. The van der Waals surface area contributed by atoms with Crippen LogP contribution in [0.15, 0.2) is 28.5 Å². The van der Waals surface area contributed by atoms with Crippen molar-refractivity contribution in [2.75, 3.05) is 32.7 Å². The molecule has 0 aliphatic carbocycles. The lowest BCUT2D eigenvalue weighted by Crippen LogP contribution is -2.48. The number of nitrogens with zero attached hydrogens (tertiary/aromatic N) is 3. The van der Waals surface area contributed by atoms with Gasteiger partial charge in [-0.25, -0.2) is 8.42 Å². The predicted molar refractivity (Wildman–Crippen MR) is 87.6 cm³/mol. The SMILES string of the molecule is N#CCN1CCN(S(=O)(=O)c2cc3ccc(Cl)cc3s2)CC1. The van der Waals surface area contributed by atoms with Gasteiger partial charge in [0.15, 0.2) is 0 Å². The fourth-order valence-electron chi connectivity index (χ4n) is 2.46. The number of hydrogen-bond donors (Lipinski definition) is 0. The molecule has 1 aromatic carbocycles. The molecule has 1 aliphatic heterocycles. The highest BCUT2D eigenvalue weighted by Crippen LogP contribution is 2.32. The van der Waals surface area contributed by atoms with Gasteiger partial charge >= 0.3 is 0 Å². The smallest absolute Gasteiger partial charge is 0.252 e. The fourth-order valence-corrected chi connectivity index (χ4v) is 5.71. The number of thiophene rings is 1. The zero-order valence-corrected chi connectivity index (χ0v) is 14.1. The summed E-state index contributed by atoms with van der Waals surface area (Å²) in [5, 5.41) is 10.2. The molecule has 1 aliphatic rings. The van der Waals surface area contributed by atoms with E-state index in [4.69, 9.17) is 16.9 Å². The average molecular weight is 356 g/mol. The van der Waals surface area contributed by atoms with Crippen molar-refractivity contribution in [3.8, 4) is 6.07 Å². The number of nitriles is 1. The molecule has 0 atom stereocenters. The molecule has 0 radical (unpaired) electrons. The van der Waals surface area contributed by atoms with Crippen LogP contribution < -0.4 is 0 Å². The van der Waals surface area contributed by atoms with E-state index in [1.54, 1.807) is 18.2 Å². The van der Waals surface area contributed by atoms with Crippen LogP contribution >= 0.6 is 22.9 Å². The van der Waals surface area contributed by atoms with E-state index in [1.807, 2.05) is 11.0 Å². The molecule has 1 fully saturated rings. The van der Waals surface area contributed by atoms with Crippen molar-refractivity contribution in [1.29, 1.82) is 5.26 Å². The molecule has 0 N–H and O–H groups in total. The minimum atomic E-state index is -3.48. The van der Waals surface area contributed by atoms with Crippen LogP contribution in [-0.2, 0) is 10.0 Å². The summed E-state index contributed by atoms with van der Waals surface area (Å²) in [6, 6.07) is 9.17. The first-order chi connectivity index (χ1) is 10.5. The number of sulfonamides is 1. The standard InChI is InChI=1S/C14H14ClN3O2S2/c15-12-2-1-11-9-14(21-13(11)10-12)22(19,20)18-7-5-17(4-3-16)6-8-18/h1-2,9-10H,4-8H2. The zero-order valence-electron chi connectivity index (χ0n) is 11.7. The lowest BCUT2D eigenvalue weighted by Gasteiger charge is -2.32. The Morgan fingerprint density at radius 3 is 2.64 bits per heavy atom. The van der Waals surface area contributed by atoms with Gasteiger partial charge in [0.25, 0.3) is 10.0 Å². The quantitative estimate of drug-likeness (QED) is 0.793. The van der Waals surface area contributed by atoms with Crippen LogP contribution in [0.4, 0.5) is 0 Å². The molecule has 0 spiro atoms. The lowest BCUT2D eigenvalue weighted by molar-refractivity contribution is 0.206. The summed E-state index contributed by atoms with van der Waals surface area (Å²) >= 11 is 7.19. The minimum absolute atomic E-state index is 0.343. The molecule has 116 valence electrons. The van der Waals surface area contributed by atoms with Crippen LogP contribution in [0.5, 0.6) is 0 Å². The van der Waals surface area contributed by atoms with E-state index >= 15 is 0 Å². The summed E-state index contributed by atoms with van der Waals surface area (Å²) in [6.45, 7) is 2.35. The Hall–Kier alpha value is -1.17. The van der Waals surface area contributed by atoms with E-state index < -0.39 is 10.0 Å². The molecule has 2 heterocycles. The van der Waals surface area contributed by atoms with Gasteiger partial charge in [-0.05, 0) is 23.6 Å². The van der Waals surface area contributed by atoms with Crippen LogP contribution in [0.1, 0.15) is 0 Å². The molecule has 1 saturated heterocycles. The van der Waals surface area contributed by atoms with Crippen molar-refractivity contribution < 1.29 is 8.42 Å². The van der Waals surface area contributed by atoms with Crippen LogP contribution in [0.2, 0.25) is 5.02 Å². The molecule has 0 bridgehead atoms. The van der Waals surface area contributed by atoms with Gasteiger partial charge in [-0.15, -0.1) is 11.3 Å². The maximum atomic E-state index is 12.7. The van der Waals surface area contributed by atoms with Crippen LogP contribution in [0.25, 0.3) is 10.1 Å². The Balaban J connectivity index is 1.84. The highest BCUT2D eigenvalue weighted by molar-refractivity contribution is 7.91. The van der Waals surface area contributed by atoms with E-state index in [-0.39, 0.29) is 0 Å². The second kappa shape index (κ2) is 6.14. The largest absolute Gasteiger partial charge is 0.288 e. The molecule has 1 aromatic heterocycles. The maximum absolute atomic E-state index is 12.7. The third-order valence-corrected chi connectivity index (χ3v) is 7.36. The first-order valence-corrected chi connectivity index (χ1v) is 9.43. The Bertz CT molecular complexity index is 833. The third kappa shape index (κ3) is 2.98. The third-order valence-electron chi connectivity index (χ3n) is 3.68. The van der Waals surface area contributed by atoms with Gasteiger partial charge in [0, 0.05) is 35.9 Å². The summed E-state index contributed by atoms with van der Waals surface area (Å²) in [6.07, 6.45) is 0. The van der Waals surface area contributed by atoms with E-state index in [1.165, 1.54) is 15.6 Å². The van der Waals surface area contributed by atoms with Crippen molar-refractivity contribution in [2.45, 2.75) is 4.21 Å². The molecule has 5 nitrogen and oxygen atoms in total. The van der Waals surface area contributed by atoms with E-state index in [2.05, 4.69) is 6.07 Å². The van der Waals surface area contributed by atoms with Crippen LogP contribution in [0, 0.1) is 11.3 Å². The number of benzene rings is 1. The molecule has 3 rings (SSSR count). The Morgan fingerprint density at radius 2 is 1.95 bits per heavy atom. The van der Waals surface area contributed by atoms with Crippen molar-refractivity contribution in [3.05, 3.63) is 29.3 Å². The summed E-state index contributed by atoms with van der Waals surface area (Å²) < 4.78 is 28.2. The normalized spacial score (nSPS) is 17.6. The van der Waals surface area contributed by atoms with Gasteiger partial charge in [0.2, 0.25) is 0 Å². The van der Waals surface area contributed by atoms with Crippen molar-refractivity contribution in [3.63, 3.8) is 0 Å². The van der Waals surface area contributed by atoms with E-state index in [0.717, 1.165) is 10.1 Å². The highest BCUT2D eigenvalue weighted by Gasteiger charge is 2.29. The monoisotopic (exact) mass is 355 g/mol. The Morgan fingerprint density at radius 1 is 1.23 bits per heavy atom. The van der Waals surface area contributed by atoms with Gasteiger partial charge in [0.1, 0.15) is 4.21 Å². The second-order valence-electron chi connectivity index (χ2n) is 5.09. The molecular weight excluding hydrogens is 342 g/mol. The molecule has 2 aromatic rings. The summed E-state index contributed by atoms with van der Waals surface area (Å²) in [5.74, 6) is 0. The number of piperazine rings is 1. The van der Waals surface area contributed by atoms with Gasteiger partial charge in [-0.1, -0.05) is 17.7 Å². The molecule has 22 heavy (non-hydrogen) atoms. The first kappa shape index (κ1) is 15.7. The first-order valence-electron chi connectivity index (χ1n) is 6.79. The summed E-state index contributed by atoms with van der Waals surface area (Å²) in [4.78, 5) is 1.96. The maximum Gasteiger partial charge on any atom is 0.252 e. The summed E-state index contributed by atoms with van der Waals surface area (Å²) in [5.41, 5.74) is 0. The topological polar surface area (TPSA) is 64.4 Å². The molecule has 0 unspecified atom stereocenters. The Labute approximate surface area is 138 Å². The van der Waals surface area contributed by atoms with Gasteiger partial charge in [0.05, 0.1) is 12.6 Å². The second-order valence-corrected chi connectivity index (χ2v) is 8.77. The lowest BCUT2D eigenvalue weighted by atomic mass is 10.3. The number of halogens is 1. The minimum Gasteiger partial charge on any atom is -0.288 e. The Kier molecular flexibility index (Phi) is 4.39. The predicted octanol–water partition coefficient (Wildman–Crippen LogP) is 2.38. The van der Waals surface area contributed by atoms with E-state index in [0.29, 0.717) is 42.0 Å². The molecular formula is C14H14ClN3O2S2. The van der Waals surface area contributed by atoms with Gasteiger partial charge < -0.3 is 0 Å². The van der Waals surface area contributed by atoms with E-state index in [9.17, 15) is 8.42 Å². The van der Waals surface area contributed by atoms with Crippen molar-refractivity contribution in [2.24, 2.45) is 0 Å². The average Bonchev–Trinajstić information content (AvgIpc) is 2.92. The van der Waals surface area contributed by atoms with Crippen molar-refractivity contribution >= 4 is 43.0 Å². The number of hydrogen-bond acceptors (Lipinski definition) is 5. The van der Waals surface area contributed by atoms with Crippen LogP contribution in [-0.4, -0.2) is 50.3 Å². The highest BCUT2D eigenvalue weighted by atomic mass is 35.5.